The second-order valence-electron chi connectivity index (χ2n) is 8.86. The van der Waals surface area contributed by atoms with Crippen molar-refractivity contribution in [2.45, 2.75) is 50.6 Å². The van der Waals surface area contributed by atoms with Gasteiger partial charge in [0.25, 0.3) is 0 Å². The summed E-state index contributed by atoms with van der Waals surface area (Å²) in [4.78, 5) is 12.7. The van der Waals surface area contributed by atoms with E-state index in [0.29, 0.717) is 6.04 Å². The van der Waals surface area contributed by atoms with E-state index in [1.54, 1.807) is 0 Å². The first-order valence-electron chi connectivity index (χ1n) is 11.4. The predicted molar refractivity (Wildman–Crippen MR) is 116 cm³/mol. The van der Waals surface area contributed by atoms with Crippen molar-refractivity contribution in [2.24, 2.45) is 4.99 Å². The van der Waals surface area contributed by atoms with Gasteiger partial charge in [0.15, 0.2) is 5.96 Å². The molecule has 0 spiro atoms. The minimum absolute atomic E-state index is 0.228. The SMILES string of the molecule is CCNC(=NCC1(N2CCOCC2)CCCCC1)NCC1CN(C)CCN1C. The lowest BCUT2D eigenvalue weighted by Gasteiger charge is -2.47. The third-order valence-electron chi connectivity index (χ3n) is 6.83. The smallest absolute Gasteiger partial charge is 0.191 e. The van der Waals surface area contributed by atoms with E-state index in [-0.39, 0.29) is 5.54 Å². The summed E-state index contributed by atoms with van der Waals surface area (Å²) in [6, 6.07) is 0.533. The zero-order chi connectivity index (χ0) is 19.8. The van der Waals surface area contributed by atoms with Gasteiger partial charge in [0.1, 0.15) is 0 Å². The minimum Gasteiger partial charge on any atom is -0.379 e. The first kappa shape index (κ1) is 21.8. The molecule has 7 heteroatoms. The summed E-state index contributed by atoms with van der Waals surface area (Å²) in [5.41, 5.74) is 0.228. The fraction of sp³-hybridized carbons (Fsp3) is 0.952. The number of morpholine rings is 1. The Bertz CT molecular complexity index is 487. The Labute approximate surface area is 171 Å². The molecule has 1 atom stereocenters. The molecule has 0 aromatic rings. The molecule has 0 aromatic carbocycles. The molecule has 7 nitrogen and oxygen atoms in total. The number of nitrogens with zero attached hydrogens (tertiary/aromatic N) is 4. The lowest BCUT2D eigenvalue weighted by Crippen LogP contribution is -2.57. The third-order valence-corrected chi connectivity index (χ3v) is 6.83. The van der Waals surface area contributed by atoms with Crippen LogP contribution in [0, 0.1) is 0 Å². The second-order valence-corrected chi connectivity index (χ2v) is 8.86. The first-order valence-corrected chi connectivity index (χ1v) is 11.4. The molecule has 0 radical (unpaired) electrons. The molecule has 162 valence electrons. The Kier molecular flexibility index (Phi) is 8.38. The Balaban J connectivity index is 1.62. The van der Waals surface area contributed by atoms with Crippen LogP contribution in [0.2, 0.25) is 0 Å². The lowest BCUT2D eigenvalue weighted by molar-refractivity contribution is -0.0333. The van der Waals surface area contributed by atoms with Crippen molar-refractivity contribution < 1.29 is 4.74 Å². The van der Waals surface area contributed by atoms with Gasteiger partial charge in [-0.25, -0.2) is 0 Å². The van der Waals surface area contributed by atoms with Crippen LogP contribution < -0.4 is 10.6 Å². The Hall–Kier alpha value is -0.890. The van der Waals surface area contributed by atoms with Crippen molar-refractivity contribution >= 4 is 5.96 Å². The van der Waals surface area contributed by atoms with E-state index >= 15 is 0 Å². The van der Waals surface area contributed by atoms with Crippen molar-refractivity contribution in [3.8, 4) is 0 Å². The molecule has 2 saturated heterocycles. The quantitative estimate of drug-likeness (QED) is 0.514. The number of hydrogen-bond donors (Lipinski definition) is 2. The minimum atomic E-state index is 0.228. The fourth-order valence-electron chi connectivity index (χ4n) is 4.93. The average Bonchev–Trinajstić information content (AvgIpc) is 2.73. The summed E-state index contributed by atoms with van der Waals surface area (Å²) in [6.07, 6.45) is 6.57. The fourth-order valence-corrected chi connectivity index (χ4v) is 4.93. The molecule has 3 aliphatic rings. The van der Waals surface area contributed by atoms with Crippen molar-refractivity contribution in [2.75, 3.05) is 79.7 Å². The normalized spacial score (nSPS) is 28.2. The number of likely N-dealkylation sites (N-methyl/N-ethyl adjacent to an activating group) is 2. The van der Waals surface area contributed by atoms with Crippen LogP contribution in [0.1, 0.15) is 39.0 Å². The number of ether oxygens (including phenoxy) is 1. The molecule has 1 saturated carbocycles. The number of piperazine rings is 1. The van der Waals surface area contributed by atoms with E-state index in [9.17, 15) is 0 Å². The van der Waals surface area contributed by atoms with E-state index in [1.165, 1.54) is 32.1 Å². The zero-order valence-electron chi connectivity index (χ0n) is 18.4. The average molecular weight is 395 g/mol. The van der Waals surface area contributed by atoms with Gasteiger partial charge in [-0.2, -0.15) is 0 Å². The summed E-state index contributed by atoms with van der Waals surface area (Å²) >= 11 is 0. The summed E-state index contributed by atoms with van der Waals surface area (Å²) in [7, 11) is 4.45. The van der Waals surface area contributed by atoms with Crippen LogP contribution in [0.5, 0.6) is 0 Å². The van der Waals surface area contributed by atoms with Gasteiger partial charge in [-0.15, -0.1) is 0 Å². The van der Waals surface area contributed by atoms with E-state index in [4.69, 9.17) is 9.73 Å². The van der Waals surface area contributed by atoms with Crippen LogP contribution in [0.3, 0.4) is 0 Å². The molecule has 0 bridgehead atoms. The molecule has 2 heterocycles. The molecule has 28 heavy (non-hydrogen) atoms. The molecule has 2 aliphatic heterocycles. The van der Waals surface area contributed by atoms with E-state index < -0.39 is 0 Å². The van der Waals surface area contributed by atoms with Crippen LogP contribution in [0.15, 0.2) is 4.99 Å². The number of rotatable bonds is 6. The van der Waals surface area contributed by atoms with Crippen molar-refractivity contribution in [1.29, 1.82) is 0 Å². The van der Waals surface area contributed by atoms with Crippen LogP contribution >= 0.6 is 0 Å². The number of nitrogens with one attached hydrogen (secondary N) is 2. The Morgan fingerprint density at radius 1 is 1.04 bits per heavy atom. The number of aliphatic imine (C=N–C) groups is 1. The molecule has 2 N–H and O–H groups in total. The molecule has 0 amide bonds. The summed E-state index contributed by atoms with van der Waals surface area (Å²) in [6.45, 7) is 12.1. The van der Waals surface area contributed by atoms with Gasteiger partial charge in [-0.05, 0) is 33.9 Å². The highest BCUT2D eigenvalue weighted by Gasteiger charge is 2.38. The van der Waals surface area contributed by atoms with Crippen molar-refractivity contribution in [3.63, 3.8) is 0 Å². The van der Waals surface area contributed by atoms with Gasteiger partial charge in [0, 0.05) is 57.4 Å². The van der Waals surface area contributed by atoms with E-state index in [2.05, 4.69) is 46.4 Å². The molecular weight excluding hydrogens is 352 g/mol. The molecule has 1 aliphatic carbocycles. The van der Waals surface area contributed by atoms with Crippen molar-refractivity contribution in [3.05, 3.63) is 0 Å². The predicted octanol–water partition coefficient (Wildman–Crippen LogP) is 0.822. The summed E-state index contributed by atoms with van der Waals surface area (Å²) in [5.74, 6) is 0.974. The Morgan fingerprint density at radius 2 is 1.79 bits per heavy atom. The van der Waals surface area contributed by atoms with Crippen LogP contribution in [0.25, 0.3) is 0 Å². The highest BCUT2D eigenvalue weighted by Crippen LogP contribution is 2.34. The van der Waals surface area contributed by atoms with Gasteiger partial charge >= 0.3 is 0 Å². The van der Waals surface area contributed by atoms with Gasteiger partial charge in [0.05, 0.1) is 19.8 Å². The largest absolute Gasteiger partial charge is 0.379 e. The van der Waals surface area contributed by atoms with E-state index in [0.717, 1.165) is 71.5 Å². The molecule has 1 unspecified atom stereocenters. The van der Waals surface area contributed by atoms with Gasteiger partial charge in [-0.1, -0.05) is 19.3 Å². The van der Waals surface area contributed by atoms with Gasteiger partial charge < -0.3 is 20.3 Å². The van der Waals surface area contributed by atoms with Crippen LogP contribution in [0.4, 0.5) is 0 Å². The number of hydrogen-bond acceptors (Lipinski definition) is 5. The van der Waals surface area contributed by atoms with Gasteiger partial charge in [-0.3, -0.25) is 14.8 Å². The lowest BCUT2D eigenvalue weighted by atomic mass is 9.80. The standard InChI is InChI=1S/C21H42N6O/c1-4-22-20(23-16-19-17-25(2)10-11-26(19)3)24-18-21(8-6-5-7-9-21)27-12-14-28-15-13-27/h19H,4-18H2,1-3H3,(H2,22,23,24). The Morgan fingerprint density at radius 3 is 2.50 bits per heavy atom. The maximum Gasteiger partial charge on any atom is 0.191 e. The van der Waals surface area contributed by atoms with Crippen LogP contribution in [-0.2, 0) is 4.74 Å². The highest BCUT2D eigenvalue weighted by atomic mass is 16.5. The highest BCUT2D eigenvalue weighted by molar-refractivity contribution is 5.79. The monoisotopic (exact) mass is 394 g/mol. The summed E-state index contributed by atoms with van der Waals surface area (Å²) < 4.78 is 5.61. The third kappa shape index (κ3) is 5.81. The number of guanidine groups is 1. The molecular formula is C21H42N6O. The molecule has 0 aromatic heterocycles. The van der Waals surface area contributed by atoms with Crippen LogP contribution in [-0.4, -0.2) is 112 Å². The second kappa shape index (κ2) is 10.8. The maximum absolute atomic E-state index is 5.61. The van der Waals surface area contributed by atoms with E-state index in [1.807, 2.05) is 0 Å². The van der Waals surface area contributed by atoms with Gasteiger partial charge in [0.2, 0.25) is 0 Å². The maximum atomic E-state index is 5.61. The van der Waals surface area contributed by atoms with Crippen molar-refractivity contribution in [1.82, 2.24) is 25.3 Å². The molecule has 3 rings (SSSR count). The topological polar surface area (TPSA) is 55.4 Å². The zero-order valence-corrected chi connectivity index (χ0v) is 18.4. The molecule has 3 fully saturated rings. The first-order chi connectivity index (χ1) is 13.6. The summed E-state index contributed by atoms with van der Waals surface area (Å²) in [5, 5.41) is 7.10.